The quantitative estimate of drug-likeness (QED) is 0.751. The zero-order valence-corrected chi connectivity index (χ0v) is 12.3. The molecule has 0 fully saturated rings. The normalized spacial score (nSPS) is 10.9. The molecule has 0 saturated heterocycles. The van der Waals surface area contributed by atoms with E-state index < -0.39 is 0 Å². The van der Waals surface area contributed by atoms with Crippen LogP contribution in [0.4, 0.5) is 0 Å². The van der Waals surface area contributed by atoms with Gasteiger partial charge in [0.05, 0.1) is 24.8 Å². The van der Waals surface area contributed by atoms with E-state index in [4.69, 9.17) is 9.47 Å². The Morgan fingerprint density at radius 2 is 2.19 bits per heavy atom. The van der Waals surface area contributed by atoms with Crippen LogP contribution in [0.5, 0.6) is 0 Å². The van der Waals surface area contributed by atoms with Crippen molar-refractivity contribution in [2.45, 2.75) is 26.5 Å². The van der Waals surface area contributed by atoms with Gasteiger partial charge >= 0.3 is 5.97 Å². The number of tetrazole rings is 1. The molecule has 0 spiro atoms. The fraction of sp³-hybridized carbons (Fsp3) is 0.429. The van der Waals surface area contributed by atoms with Crippen LogP contribution in [0.15, 0.2) is 24.3 Å². The van der Waals surface area contributed by atoms with Gasteiger partial charge in [-0.05, 0) is 31.2 Å². The zero-order chi connectivity index (χ0) is 15.2. The average Bonchev–Trinajstić information content (AvgIpc) is 2.93. The summed E-state index contributed by atoms with van der Waals surface area (Å²) in [6.45, 7) is 4.66. The molecule has 1 aromatic heterocycles. The second-order valence-corrected chi connectivity index (χ2v) is 4.74. The maximum atomic E-state index is 11.9. The molecule has 112 valence electrons. The van der Waals surface area contributed by atoms with Crippen LogP contribution in [0.25, 0.3) is 11.4 Å². The third-order valence-electron chi connectivity index (χ3n) is 2.65. The minimum absolute atomic E-state index is 0.158. The van der Waals surface area contributed by atoms with Gasteiger partial charge in [0.25, 0.3) is 0 Å². The first-order valence-corrected chi connectivity index (χ1v) is 6.68. The molecule has 21 heavy (non-hydrogen) atoms. The minimum atomic E-state index is -0.362. The average molecular weight is 290 g/mol. The predicted molar refractivity (Wildman–Crippen MR) is 75.7 cm³/mol. The van der Waals surface area contributed by atoms with Crippen molar-refractivity contribution < 1.29 is 14.3 Å². The Kier molecular flexibility index (Phi) is 4.99. The maximum absolute atomic E-state index is 11.9. The Morgan fingerprint density at radius 1 is 1.38 bits per heavy atom. The van der Waals surface area contributed by atoms with Crippen LogP contribution in [0.3, 0.4) is 0 Å². The summed E-state index contributed by atoms with van der Waals surface area (Å²) in [5.41, 5.74) is 1.19. The van der Waals surface area contributed by atoms with E-state index in [2.05, 4.69) is 15.4 Å². The summed E-state index contributed by atoms with van der Waals surface area (Å²) in [5.74, 6) is 0.101. The Balaban J connectivity index is 2.17. The van der Waals surface area contributed by atoms with E-state index in [0.717, 1.165) is 5.56 Å². The molecule has 1 aromatic carbocycles. The number of aromatic nitrogens is 4. The van der Waals surface area contributed by atoms with Crippen molar-refractivity contribution in [2.24, 2.45) is 0 Å². The summed E-state index contributed by atoms with van der Waals surface area (Å²) in [5, 5.41) is 12.1. The van der Waals surface area contributed by atoms with Crippen molar-refractivity contribution in [3.63, 3.8) is 0 Å². The van der Waals surface area contributed by atoms with E-state index in [1.807, 2.05) is 19.9 Å². The van der Waals surface area contributed by atoms with Gasteiger partial charge in [0, 0.05) is 12.7 Å². The highest BCUT2D eigenvalue weighted by Gasteiger charge is 2.12. The molecule has 0 aliphatic heterocycles. The van der Waals surface area contributed by atoms with E-state index >= 15 is 0 Å². The lowest BCUT2D eigenvalue weighted by atomic mass is 10.1. The van der Waals surface area contributed by atoms with Gasteiger partial charge in [-0.3, -0.25) is 0 Å². The fourth-order valence-electron chi connectivity index (χ4n) is 1.69. The number of carbonyl (C=O) groups is 1. The number of methoxy groups -OCH3 is 1. The summed E-state index contributed by atoms with van der Waals surface area (Å²) in [6, 6.07) is 6.98. The van der Waals surface area contributed by atoms with Gasteiger partial charge in [0.1, 0.15) is 0 Å². The lowest BCUT2D eigenvalue weighted by molar-refractivity contribution is 0.0378. The van der Waals surface area contributed by atoms with Gasteiger partial charge in [0.2, 0.25) is 5.82 Å². The van der Waals surface area contributed by atoms with Gasteiger partial charge in [-0.2, -0.15) is 4.80 Å². The molecule has 0 radical (unpaired) electrons. The number of esters is 1. The van der Waals surface area contributed by atoms with Crippen LogP contribution >= 0.6 is 0 Å². The Morgan fingerprint density at radius 3 is 2.90 bits per heavy atom. The molecule has 7 nitrogen and oxygen atoms in total. The number of carbonyl (C=O) groups excluding carboxylic acids is 1. The van der Waals surface area contributed by atoms with Crippen molar-refractivity contribution in [1.29, 1.82) is 0 Å². The molecule has 2 rings (SSSR count). The zero-order valence-electron chi connectivity index (χ0n) is 12.3. The number of ether oxygens (including phenoxy) is 2. The number of rotatable bonds is 6. The molecule has 0 aliphatic rings. The van der Waals surface area contributed by atoms with Crippen LogP contribution in [0, 0.1) is 0 Å². The van der Waals surface area contributed by atoms with E-state index in [-0.39, 0.29) is 12.1 Å². The second-order valence-electron chi connectivity index (χ2n) is 4.74. The molecule has 0 bridgehead atoms. The number of nitrogens with zero attached hydrogens (tertiary/aromatic N) is 4. The van der Waals surface area contributed by atoms with Gasteiger partial charge in [-0.1, -0.05) is 12.1 Å². The topological polar surface area (TPSA) is 79.1 Å². The molecule has 7 heteroatoms. The molecule has 0 N–H and O–H groups in total. The van der Waals surface area contributed by atoms with Crippen LogP contribution in [0.1, 0.15) is 24.2 Å². The highest BCUT2D eigenvalue weighted by Crippen LogP contribution is 2.16. The molecule has 1 heterocycles. The summed E-state index contributed by atoms with van der Waals surface area (Å²) in [7, 11) is 1.61. The molecule has 0 unspecified atom stereocenters. The van der Waals surface area contributed by atoms with Gasteiger partial charge in [0.15, 0.2) is 0 Å². The van der Waals surface area contributed by atoms with Crippen LogP contribution in [-0.4, -0.2) is 46.0 Å². The van der Waals surface area contributed by atoms with E-state index in [9.17, 15) is 4.79 Å². The summed E-state index contributed by atoms with van der Waals surface area (Å²) < 4.78 is 10.1. The maximum Gasteiger partial charge on any atom is 0.338 e. The first-order chi connectivity index (χ1) is 10.1. The summed E-state index contributed by atoms with van der Waals surface area (Å²) in [4.78, 5) is 13.3. The molecule has 0 amide bonds. The first-order valence-electron chi connectivity index (χ1n) is 6.68. The van der Waals surface area contributed by atoms with Crippen LogP contribution in [0.2, 0.25) is 0 Å². The third-order valence-corrected chi connectivity index (χ3v) is 2.65. The lowest BCUT2D eigenvalue weighted by Gasteiger charge is -2.08. The third kappa shape index (κ3) is 4.09. The van der Waals surface area contributed by atoms with Gasteiger partial charge in [-0.25, -0.2) is 4.79 Å². The summed E-state index contributed by atoms with van der Waals surface area (Å²) in [6.07, 6.45) is -0.158. The first kappa shape index (κ1) is 15.1. The number of hydrogen-bond donors (Lipinski definition) is 0. The van der Waals surface area contributed by atoms with E-state index in [1.165, 1.54) is 4.80 Å². The van der Waals surface area contributed by atoms with E-state index in [1.54, 1.807) is 25.3 Å². The van der Waals surface area contributed by atoms with Crippen molar-refractivity contribution in [2.75, 3.05) is 13.7 Å². The SMILES string of the molecule is COCCn1nnc(-c2cccc(C(=O)OC(C)C)c2)n1. The van der Waals surface area contributed by atoms with Gasteiger partial charge in [-0.15, -0.1) is 10.2 Å². The van der Waals surface area contributed by atoms with Crippen molar-refractivity contribution >= 4 is 5.97 Å². The standard InChI is InChI=1S/C14H18N4O3/c1-10(2)21-14(19)12-6-4-5-11(9-12)13-15-17-18(16-13)7-8-20-3/h4-6,9-10H,7-8H2,1-3H3. The molecule has 0 saturated carbocycles. The Labute approximate surface area is 122 Å². The van der Waals surface area contributed by atoms with Gasteiger partial charge < -0.3 is 9.47 Å². The fourth-order valence-corrected chi connectivity index (χ4v) is 1.69. The molecule has 2 aromatic rings. The lowest BCUT2D eigenvalue weighted by Crippen LogP contribution is -2.11. The van der Waals surface area contributed by atoms with Crippen LogP contribution in [-0.2, 0) is 16.0 Å². The largest absolute Gasteiger partial charge is 0.459 e. The summed E-state index contributed by atoms with van der Waals surface area (Å²) >= 11 is 0. The van der Waals surface area contributed by atoms with Crippen molar-refractivity contribution in [1.82, 2.24) is 20.2 Å². The van der Waals surface area contributed by atoms with Crippen molar-refractivity contribution in [3.05, 3.63) is 29.8 Å². The van der Waals surface area contributed by atoms with E-state index in [0.29, 0.717) is 24.5 Å². The number of hydrogen-bond acceptors (Lipinski definition) is 6. The van der Waals surface area contributed by atoms with Crippen molar-refractivity contribution in [3.8, 4) is 11.4 Å². The van der Waals surface area contributed by atoms with Crippen LogP contribution < -0.4 is 0 Å². The second kappa shape index (κ2) is 6.94. The smallest absolute Gasteiger partial charge is 0.338 e. The molecular weight excluding hydrogens is 272 g/mol. The number of benzene rings is 1. The highest BCUT2D eigenvalue weighted by atomic mass is 16.5. The minimum Gasteiger partial charge on any atom is -0.459 e. The molecular formula is C14H18N4O3. The highest BCUT2D eigenvalue weighted by molar-refractivity contribution is 5.90. The predicted octanol–water partition coefficient (Wildman–Crippen LogP) is 1.55. The monoisotopic (exact) mass is 290 g/mol. The molecule has 0 aliphatic carbocycles. The Hall–Kier alpha value is -2.28. The molecule has 0 atom stereocenters. The Bertz CT molecular complexity index is 610.